The molecule has 0 aromatic carbocycles. The van der Waals surface area contributed by atoms with Crippen molar-refractivity contribution in [2.75, 3.05) is 0 Å². The molecule has 3 unspecified atom stereocenters. The zero-order valence-corrected chi connectivity index (χ0v) is 10.2. The van der Waals surface area contributed by atoms with Crippen LogP contribution in [-0.2, 0) is 11.2 Å². The highest BCUT2D eigenvalue weighted by molar-refractivity contribution is 5.73. The summed E-state index contributed by atoms with van der Waals surface area (Å²) in [6.07, 6.45) is 6.67. The first kappa shape index (κ1) is 13.0. The van der Waals surface area contributed by atoms with Gasteiger partial charge in [-0.05, 0) is 12.8 Å². The van der Waals surface area contributed by atoms with E-state index in [-0.39, 0.29) is 6.04 Å². The average Bonchev–Trinajstić information content (AvgIpc) is 2.83. The molecule has 1 heterocycles. The van der Waals surface area contributed by atoms with Gasteiger partial charge in [0.15, 0.2) is 0 Å². The molecule has 2 rings (SSSR count). The quantitative estimate of drug-likeness (QED) is 0.605. The monoisotopic (exact) mass is 253 g/mol. The standard InChI is InChI=1S/C12H19N3O3/c16-11-4-2-1-3-9(11)15-10(12(17)18)5-8-6-13-7-14-8/h6-7,9-11,15-16H,1-5H2,(H,13,14)(H,17,18). The Hall–Kier alpha value is -1.40. The van der Waals surface area contributed by atoms with E-state index in [1.807, 2.05) is 0 Å². The zero-order chi connectivity index (χ0) is 13.0. The highest BCUT2D eigenvalue weighted by Crippen LogP contribution is 2.19. The number of rotatable bonds is 5. The van der Waals surface area contributed by atoms with Gasteiger partial charge in [-0.15, -0.1) is 0 Å². The molecule has 1 saturated carbocycles. The number of nitrogens with one attached hydrogen (secondary N) is 2. The van der Waals surface area contributed by atoms with Crippen LogP contribution in [0, 0.1) is 0 Å². The van der Waals surface area contributed by atoms with Gasteiger partial charge in [0.25, 0.3) is 0 Å². The molecule has 6 heteroatoms. The van der Waals surface area contributed by atoms with Gasteiger partial charge in [0.1, 0.15) is 6.04 Å². The molecule has 0 amide bonds. The summed E-state index contributed by atoms with van der Waals surface area (Å²) in [4.78, 5) is 18.0. The van der Waals surface area contributed by atoms with E-state index in [2.05, 4.69) is 15.3 Å². The Kier molecular flexibility index (Phi) is 4.33. The number of aliphatic hydroxyl groups excluding tert-OH is 1. The summed E-state index contributed by atoms with van der Waals surface area (Å²) >= 11 is 0. The summed E-state index contributed by atoms with van der Waals surface area (Å²) in [5.41, 5.74) is 0.778. The topological polar surface area (TPSA) is 98.2 Å². The molecule has 1 aromatic rings. The molecule has 1 fully saturated rings. The van der Waals surface area contributed by atoms with Gasteiger partial charge in [0.2, 0.25) is 0 Å². The molecule has 0 saturated heterocycles. The van der Waals surface area contributed by atoms with Crippen LogP contribution in [0.2, 0.25) is 0 Å². The second kappa shape index (κ2) is 5.97. The van der Waals surface area contributed by atoms with Crippen LogP contribution in [0.5, 0.6) is 0 Å². The highest BCUT2D eigenvalue weighted by Gasteiger charge is 2.28. The molecular formula is C12H19N3O3. The summed E-state index contributed by atoms with van der Waals surface area (Å²) in [5.74, 6) is -0.901. The molecule has 0 bridgehead atoms. The average molecular weight is 253 g/mol. The maximum Gasteiger partial charge on any atom is 0.321 e. The van der Waals surface area contributed by atoms with Crippen LogP contribution >= 0.6 is 0 Å². The number of aromatic nitrogens is 2. The molecule has 1 aliphatic rings. The van der Waals surface area contributed by atoms with Crippen molar-refractivity contribution in [1.29, 1.82) is 0 Å². The molecule has 18 heavy (non-hydrogen) atoms. The van der Waals surface area contributed by atoms with E-state index in [0.717, 1.165) is 31.4 Å². The predicted octanol–water partition coefficient (Wildman–Crippen LogP) is 0.298. The van der Waals surface area contributed by atoms with Crippen LogP contribution in [0.15, 0.2) is 12.5 Å². The van der Waals surface area contributed by atoms with E-state index in [4.69, 9.17) is 0 Å². The number of nitrogens with zero attached hydrogens (tertiary/aromatic N) is 1. The minimum atomic E-state index is -0.901. The molecule has 1 aliphatic carbocycles. The van der Waals surface area contributed by atoms with E-state index in [9.17, 15) is 15.0 Å². The Labute approximate surface area is 105 Å². The van der Waals surface area contributed by atoms with Gasteiger partial charge in [-0.2, -0.15) is 0 Å². The fraction of sp³-hybridized carbons (Fsp3) is 0.667. The molecule has 0 aliphatic heterocycles. The van der Waals surface area contributed by atoms with Crippen molar-refractivity contribution in [3.63, 3.8) is 0 Å². The van der Waals surface area contributed by atoms with Gasteiger partial charge in [0.05, 0.1) is 12.4 Å². The highest BCUT2D eigenvalue weighted by atomic mass is 16.4. The minimum Gasteiger partial charge on any atom is -0.480 e. The van der Waals surface area contributed by atoms with Gasteiger partial charge in [-0.3, -0.25) is 10.1 Å². The third-order valence-electron chi connectivity index (χ3n) is 3.42. The molecule has 6 nitrogen and oxygen atoms in total. The largest absolute Gasteiger partial charge is 0.480 e. The van der Waals surface area contributed by atoms with Crippen LogP contribution in [0.3, 0.4) is 0 Å². The first-order chi connectivity index (χ1) is 8.66. The number of aliphatic carboxylic acids is 1. The van der Waals surface area contributed by atoms with E-state index in [1.165, 1.54) is 6.33 Å². The van der Waals surface area contributed by atoms with E-state index >= 15 is 0 Å². The third kappa shape index (κ3) is 3.30. The number of hydrogen-bond donors (Lipinski definition) is 4. The van der Waals surface area contributed by atoms with Crippen LogP contribution < -0.4 is 5.32 Å². The van der Waals surface area contributed by atoms with Crippen LogP contribution in [0.1, 0.15) is 31.4 Å². The number of H-pyrrole nitrogens is 1. The molecule has 100 valence electrons. The predicted molar refractivity (Wildman–Crippen MR) is 65.1 cm³/mol. The fourth-order valence-corrected chi connectivity index (χ4v) is 2.40. The zero-order valence-electron chi connectivity index (χ0n) is 10.2. The lowest BCUT2D eigenvalue weighted by Crippen LogP contribution is -2.50. The van der Waals surface area contributed by atoms with E-state index in [0.29, 0.717) is 6.42 Å². The molecule has 0 radical (unpaired) electrons. The van der Waals surface area contributed by atoms with Crippen molar-refractivity contribution in [1.82, 2.24) is 15.3 Å². The lowest BCUT2D eigenvalue weighted by molar-refractivity contribution is -0.140. The summed E-state index contributed by atoms with van der Waals surface area (Å²) in [7, 11) is 0. The normalized spacial score (nSPS) is 25.8. The van der Waals surface area contributed by atoms with Crippen molar-refractivity contribution in [2.45, 2.75) is 50.3 Å². The molecule has 3 atom stereocenters. The summed E-state index contributed by atoms with van der Waals surface area (Å²) < 4.78 is 0. The van der Waals surface area contributed by atoms with E-state index < -0.39 is 18.1 Å². The second-order valence-electron chi connectivity index (χ2n) is 4.80. The lowest BCUT2D eigenvalue weighted by atomic mass is 9.91. The third-order valence-corrected chi connectivity index (χ3v) is 3.42. The van der Waals surface area contributed by atoms with Gasteiger partial charge in [-0.1, -0.05) is 12.8 Å². The Morgan fingerprint density at radius 3 is 2.94 bits per heavy atom. The number of carboxylic acid groups (broad SMARTS) is 1. The van der Waals surface area contributed by atoms with Crippen LogP contribution in [-0.4, -0.2) is 44.3 Å². The van der Waals surface area contributed by atoms with Crippen molar-refractivity contribution in [2.24, 2.45) is 0 Å². The Morgan fingerprint density at radius 1 is 1.56 bits per heavy atom. The lowest BCUT2D eigenvalue weighted by Gasteiger charge is -2.30. The Morgan fingerprint density at radius 2 is 2.33 bits per heavy atom. The van der Waals surface area contributed by atoms with Crippen LogP contribution in [0.25, 0.3) is 0 Å². The van der Waals surface area contributed by atoms with Gasteiger partial charge >= 0.3 is 5.97 Å². The summed E-state index contributed by atoms with van der Waals surface area (Å²) in [5, 5.41) is 22.1. The summed E-state index contributed by atoms with van der Waals surface area (Å²) in [6, 6.07) is -0.814. The maximum atomic E-state index is 11.2. The van der Waals surface area contributed by atoms with Crippen molar-refractivity contribution >= 4 is 5.97 Å². The van der Waals surface area contributed by atoms with Crippen molar-refractivity contribution in [3.05, 3.63) is 18.2 Å². The Bertz CT molecular complexity index is 380. The van der Waals surface area contributed by atoms with Gasteiger partial charge in [-0.25, -0.2) is 4.98 Å². The first-order valence-corrected chi connectivity index (χ1v) is 6.31. The molecular weight excluding hydrogens is 234 g/mol. The van der Waals surface area contributed by atoms with Gasteiger partial charge in [0, 0.05) is 24.4 Å². The summed E-state index contributed by atoms with van der Waals surface area (Å²) in [6.45, 7) is 0. The minimum absolute atomic E-state index is 0.122. The number of hydrogen-bond acceptors (Lipinski definition) is 4. The molecule has 4 N–H and O–H groups in total. The number of imidazole rings is 1. The van der Waals surface area contributed by atoms with Crippen molar-refractivity contribution < 1.29 is 15.0 Å². The molecule has 0 spiro atoms. The molecule has 1 aromatic heterocycles. The van der Waals surface area contributed by atoms with E-state index in [1.54, 1.807) is 6.20 Å². The number of carboxylic acids is 1. The van der Waals surface area contributed by atoms with Gasteiger partial charge < -0.3 is 15.2 Å². The van der Waals surface area contributed by atoms with Crippen molar-refractivity contribution in [3.8, 4) is 0 Å². The number of aromatic amines is 1. The maximum absolute atomic E-state index is 11.2. The number of aliphatic hydroxyl groups is 1. The number of carbonyl (C=O) groups is 1. The smallest absolute Gasteiger partial charge is 0.321 e. The first-order valence-electron chi connectivity index (χ1n) is 6.31. The second-order valence-corrected chi connectivity index (χ2v) is 4.80. The Balaban J connectivity index is 1.95. The van der Waals surface area contributed by atoms with Crippen LogP contribution in [0.4, 0.5) is 0 Å². The fourth-order valence-electron chi connectivity index (χ4n) is 2.40. The SMILES string of the molecule is O=C(O)C(Cc1cnc[nH]1)NC1CCCCC1O.